The van der Waals surface area contributed by atoms with Crippen molar-refractivity contribution in [2.75, 3.05) is 13.1 Å². The van der Waals surface area contributed by atoms with Crippen LogP contribution in [-0.4, -0.2) is 34.8 Å². The number of nitrogens with zero attached hydrogens (tertiary/aromatic N) is 2. The Bertz CT molecular complexity index is 387. The van der Waals surface area contributed by atoms with Gasteiger partial charge in [0.05, 0.1) is 0 Å². The number of likely N-dealkylation sites (N-methyl/N-ethyl adjacent to an activating group) is 1. The van der Waals surface area contributed by atoms with E-state index >= 15 is 0 Å². The normalized spacial score (nSPS) is 21.6. The van der Waals surface area contributed by atoms with Crippen LogP contribution in [-0.2, 0) is 6.42 Å². The summed E-state index contributed by atoms with van der Waals surface area (Å²) >= 11 is 0. The Balaban J connectivity index is 2.00. The third-order valence-electron chi connectivity index (χ3n) is 3.48. The van der Waals surface area contributed by atoms with Gasteiger partial charge in [0.1, 0.15) is 12.0 Å². The molecule has 1 aliphatic rings. The molecular weight excluding hydrogens is 216 g/mol. The van der Waals surface area contributed by atoms with E-state index in [0.717, 1.165) is 13.0 Å². The molecular formula is C13H20N2O2. The Morgan fingerprint density at radius 2 is 2.41 bits per heavy atom. The van der Waals surface area contributed by atoms with Gasteiger partial charge in [-0.3, -0.25) is 4.79 Å². The number of piperidine rings is 1. The Morgan fingerprint density at radius 3 is 3.06 bits per heavy atom. The number of ketones is 1. The lowest BCUT2D eigenvalue weighted by atomic mass is 9.99. The smallest absolute Gasteiger partial charge is 0.196 e. The van der Waals surface area contributed by atoms with Gasteiger partial charge in [-0.15, -0.1) is 0 Å². The fourth-order valence-corrected chi connectivity index (χ4v) is 2.48. The second-order valence-electron chi connectivity index (χ2n) is 4.66. The van der Waals surface area contributed by atoms with Crippen LogP contribution in [0.15, 0.2) is 10.7 Å². The van der Waals surface area contributed by atoms with Gasteiger partial charge in [0.2, 0.25) is 0 Å². The Kier molecular flexibility index (Phi) is 3.94. The molecule has 1 aromatic heterocycles. The van der Waals surface area contributed by atoms with Gasteiger partial charge in [-0.2, -0.15) is 0 Å². The van der Waals surface area contributed by atoms with Crippen LogP contribution in [0.25, 0.3) is 0 Å². The monoisotopic (exact) mass is 236 g/mol. The largest absolute Gasteiger partial charge is 0.448 e. The highest BCUT2D eigenvalue weighted by molar-refractivity contribution is 5.91. The molecule has 0 N–H and O–H groups in total. The summed E-state index contributed by atoms with van der Waals surface area (Å²) in [5, 5.41) is 0. The van der Waals surface area contributed by atoms with Gasteiger partial charge in [-0.1, -0.05) is 13.3 Å². The number of oxazole rings is 1. The average molecular weight is 236 g/mol. The Morgan fingerprint density at radius 1 is 1.59 bits per heavy atom. The molecule has 0 aromatic carbocycles. The van der Waals surface area contributed by atoms with Crippen molar-refractivity contribution in [3.8, 4) is 0 Å². The molecule has 1 saturated heterocycles. The van der Waals surface area contributed by atoms with Crippen molar-refractivity contribution in [3.63, 3.8) is 0 Å². The van der Waals surface area contributed by atoms with Gasteiger partial charge in [0, 0.05) is 19.4 Å². The molecule has 94 valence electrons. The second kappa shape index (κ2) is 5.45. The predicted octanol–water partition coefficient (Wildman–Crippen LogP) is 2.29. The molecule has 1 aromatic rings. The van der Waals surface area contributed by atoms with Crippen LogP contribution in [0.5, 0.6) is 0 Å². The fraction of sp³-hybridized carbons (Fsp3) is 0.692. The third kappa shape index (κ3) is 2.94. The molecule has 0 amide bonds. The molecule has 2 rings (SSSR count). The van der Waals surface area contributed by atoms with Gasteiger partial charge < -0.3 is 9.32 Å². The van der Waals surface area contributed by atoms with Crippen LogP contribution >= 0.6 is 0 Å². The van der Waals surface area contributed by atoms with E-state index in [4.69, 9.17) is 4.42 Å². The summed E-state index contributed by atoms with van der Waals surface area (Å²) < 4.78 is 5.36. The molecule has 4 heteroatoms. The summed E-state index contributed by atoms with van der Waals surface area (Å²) in [6.07, 6.45) is 6.06. The number of aromatic nitrogens is 1. The molecule has 0 radical (unpaired) electrons. The first-order chi connectivity index (χ1) is 8.20. The number of hydrogen-bond acceptors (Lipinski definition) is 4. The van der Waals surface area contributed by atoms with E-state index < -0.39 is 0 Å². The molecule has 17 heavy (non-hydrogen) atoms. The molecule has 1 fully saturated rings. The number of hydrogen-bond donors (Lipinski definition) is 0. The summed E-state index contributed by atoms with van der Waals surface area (Å²) in [5.74, 6) is 0.663. The van der Waals surface area contributed by atoms with Crippen LogP contribution in [0, 0.1) is 0 Å². The highest BCUT2D eigenvalue weighted by atomic mass is 16.3. The van der Waals surface area contributed by atoms with Crippen LogP contribution in [0.3, 0.4) is 0 Å². The number of Topliss-reactive ketones (excluding diaryl/α,β-unsaturated/α-hetero) is 1. The molecule has 0 spiro atoms. The van der Waals surface area contributed by atoms with E-state index in [2.05, 4.69) is 16.8 Å². The van der Waals surface area contributed by atoms with Crippen molar-refractivity contribution in [3.05, 3.63) is 17.8 Å². The zero-order chi connectivity index (χ0) is 12.3. The van der Waals surface area contributed by atoms with E-state index in [0.29, 0.717) is 17.6 Å². The molecule has 0 aliphatic carbocycles. The van der Waals surface area contributed by atoms with E-state index in [1.165, 1.54) is 39.0 Å². The van der Waals surface area contributed by atoms with Crippen molar-refractivity contribution in [2.45, 2.75) is 45.6 Å². The highest BCUT2D eigenvalue weighted by Crippen LogP contribution is 2.20. The van der Waals surface area contributed by atoms with Crippen LogP contribution in [0.4, 0.5) is 0 Å². The number of likely N-dealkylation sites (tertiary alicyclic amines) is 1. The lowest BCUT2D eigenvalue weighted by Gasteiger charge is -2.34. The molecule has 1 aliphatic heterocycles. The van der Waals surface area contributed by atoms with E-state index in [-0.39, 0.29) is 5.78 Å². The van der Waals surface area contributed by atoms with Gasteiger partial charge in [-0.25, -0.2) is 4.98 Å². The standard InChI is InChI=1S/C13H20N2O2/c1-3-15-7-5-4-6-11(15)8-13-14-12(9-17-13)10(2)16/h9,11H,3-8H2,1-2H3. The van der Waals surface area contributed by atoms with Crippen molar-refractivity contribution < 1.29 is 9.21 Å². The Labute approximate surface area is 102 Å². The number of carbonyl (C=O) groups is 1. The average Bonchev–Trinajstić information content (AvgIpc) is 2.78. The van der Waals surface area contributed by atoms with Crippen molar-refractivity contribution in [1.29, 1.82) is 0 Å². The maximum Gasteiger partial charge on any atom is 0.196 e. The molecule has 1 unspecified atom stereocenters. The second-order valence-corrected chi connectivity index (χ2v) is 4.66. The molecule has 4 nitrogen and oxygen atoms in total. The van der Waals surface area contributed by atoms with Gasteiger partial charge in [0.15, 0.2) is 11.7 Å². The maximum absolute atomic E-state index is 11.1. The SMILES string of the molecule is CCN1CCCCC1Cc1nc(C(C)=O)co1. The molecule has 0 bridgehead atoms. The summed E-state index contributed by atoms with van der Waals surface area (Å²) in [6.45, 7) is 5.95. The molecule has 2 heterocycles. The minimum absolute atomic E-state index is 0.0315. The first-order valence-corrected chi connectivity index (χ1v) is 6.40. The zero-order valence-corrected chi connectivity index (χ0v) is 10.6. The van der Waals surface area contributed by atoms with Crippen LogP contribution < -0.4 is 0 Å². The maximum atomic E-state index is 11.1. The van der Waals surface area contributed by atoms with Crippen molar-refractivity contribution in [2.24, 2.45) is 0 Å². The summed E-state index contributed by atoms with van der Waals surface area (Å²) in [4.78, 5) is 17.8. The molecule has 1 atom stereocenters. The predicted molar refractivity (Wildman–Crippen MR) is 65.1 cm³/mol. The lowest BCUT2D eigenvalue weighted by Crippen LogP contribution is -2.40. The Hall–Kier alpha value is -1.16. The van der Waals surface area contributed by atoms with Gasteiger partial charge in [0.25, 0.3) is 0 Å². The highest BCUT2D eigenvalue weighted by Gasteiger charge is 2.23. The van der Waals surface area contributed by atoms with E-state index in [1.54, 1.807) is 0 Å². The number of carbonyl (C=O) groups excluding carboxylic acids is 1. The van der Waals surface area contributed by atoms with Gasteiger partial charge in [-0.05, 0) is 25.9 Å². The fourth-order valence-electron chi connectivity index (χ4n) is 2.48. The van der Waals surface area contributed by atoms with Crippen LogP contribution in [0.1, 0.15) is 49.5 Å². The van der Waals surface area contributed by atoms with E-state index in [9.17, 15) is 4.79 Å². The number of rotatable bonds is 4. The van der Waals surface area contributed by atoms with Crippen LogP contribution in [0.2, 0.25) is 0 Å². The topological polar surface area (TPSA) is 46.3 Å². The van der Waals surface area contributed by atoms with E-state index in [1.807, 2.05) is 0 Å². The molecule has 0 saturated carbocycles. The van der Waals surface area contributed by atoms with Gasteiger partial charge >= 0.3 is 0 Å². The third-order valence-corrected chi connectivity index (χ3v) is 3.48. The quantitative estimate of drug-likeness (QED) is 0.752. The van der Waals surface area contributed by atoms with Crippen molar-refractivity contribution >= 4 is 5.78 Å². The zero-order valence-electron chi connectivity index (χ0n) is 10.6. The lowest BCUT2D eigenvalue weighted by molar-refractivity contribution is 0.101. The first kappa shape index (κ1) is 12.3. The summed E-state index contributed by atoms with van der Waals surface area (Å²) in [6, 6.07) is 0.521. The van der Waals surface area contributed by atoms with Crippen molar-refractivity contribution in [1.82, 2.24) is 9.88 Å². The minimum Gasteiger partial charge on any atom is -0.448 e. The summed E-state index contributed by atoms with van der Waals surface area (Å²) in [5.41, 5.74) is 0.443. The first-order valence-electron chi connectivity index (χ1n) is 6.40. The summed E-state index contributed by atoms with van der Waals surface area (Å²) in [7, 11) is 0. The minimum atomic E-state index is -0.0315.